The lowest BCUT2D eigenvalue weighted by atomic mass is 9.90. The third kappa shape index (κ3) is 3.42. The lowest BCUT2D eigenvalue weighted by Gasteiger charge is -2.22. The van der Waals surface area contributed by atoms with Crippen molar-refractivity contribution < 1.29 is 9.59 Å². The van der Waals surface area contributed by atoms with Gasteiger partial charge in [-0.05, 0) is 43.5 Å². The maximum Gasteiger partial charge on any atom is 0.234 e. The van der Waals surface area contributed by atoms with Crippen LogP contribution in [0.2, 0.25) is 0 Å². The van der Waals surface area contributed by atoms with E-state index in [2.05, 4.69) is 16.0 Å². The maximum absolute atomic E-state index is 11.9. The summed E-state index contributed by atoms with van der Waals surface area (Å²) in [5.41, 5.74) is 2.01. The molecule has 21 heavy (non-hydrogen) atoms. The molecule has 0 radical (unpaired) electrons. The molecule has 0 saturated carbocycles. The molecule has 0 aromatic heterocycles. The van der Waals surface area contributed by atoms with Crippen molar-refractivity contribution in [1.29, 1.82) is 0 Å². The van der Waals surface area contributed by atoms with E-state index in [4.69, 9.17) is 0 Å². The predicted molar refractivity (Wildman–Crippen MR) is 81.1 cm³/mol. The molecule has 5 heteroatoms. The highest BCUT2D eigenvalue weighted by molar-refractivity contribution is 6.01. The van der Waals surface area contributed by atoms with Gasteiger partial charge < -0.3 is 10.6 Å². The van der Waals surface area contributed by atoms with Gasteiger partial charge in [-0.2, -0.15) is 0 Å². The number of imide groups is 1. The van der Waals surface area contributed by atoms with Crippen LogP contribution in [0.5, 0.6) is 0 Å². The first-order valence-corrected chi connectivity index (χ1v) is 7.63. The van der Waals surface area contributed by atoms with Crippen LogP contribution in [-0.4, -0.2) is 30.9 Å². The van der Waals surface area contributed by atoms with Crippen LogP contribution in [0.3, 0.4) is 0 Å². The van der Waals surface area contributed by atoms with E-state index in [-0.39, 0.29) is 17.7 Å². The summed E-state index contributed by atoms with van der Waals surface area (Å²) in [5, 5.41) is 9.30. The zero-order valence-electron chi connectivity index (χ0n) is 12.0. The first kappa shape index (κ1) is 14.1. The van der Waals surface area contributed by atoms with Crippen molar-refractivity contribution in [2.24, 2.45) is 0 Å². The average Bonchev–Trinajstić information content (AvgIpc) is 2.99. The molecule has 2 fully saturated rings. The first-order chi connectivity index (χ1) is 10.2. The topological polar surface area (TPSA) is 70.2 Å². The predicted octanol–water partition coefficient (Wildman–Crippen LogP) is 1.37. The van der Waals surface area contributed by atoms with Gasteiger partial charge in [0, 0.05) is 24.7 Å². The average molecular weight is 287 g/mol. The summed E-state index contributed by atoms with van der Waals surface area (Å²) in [6, 6.07) is 8.49. The van der Waals surface area contributed by atoms with Gasteiger partial charge in [-0.25, -0.2) is 0 Å². The number of amides is 2. The minimum Gasteiger partial charge on any atom is -0.383 e. The van der Waals surface area contributed by atoms with E-state index >= 15 is 0 Å². The van der Waals surface area contributed by atoms with Crippen molar-refractivity contribution in [3.05, 3.63) is 29.8 Å². The summed E-state index contributed by atoms with van der Waals surface area (Å²) in [5.74, 6) is -0.562. The van der Waals surface area contributed by atoms with Crippen molar-refractivity contribution in [2.45, 2.75) is 37.6 Å². The molecule has 2 atom stereocenters. The Hall–Kier alpha value is -1.88. The van der Waals surface area contributed by atoms with Gasteiger partial charge in [0.05, 0.1) is 5.92 Å². The number of carbonyl (C=O) groups excluding carboxylic acids is 2. The standard InChI is InChI=1S/C16H21N3O2/c20-15-7-6-14(16(21)19-15)11-3-1-4-12(9-11)18-10-13-5-2-8-17-13/h1,3-4,9,13-14,17-18H,2,5-8,10H2,(H,19,20,21)/t13-,14?/m1/s1. The van der Waals surface area contributed by atoms with Gasteiger partial charge >= 0.3 is 0 Å². The van der Waals surface area contributed by atoms with Crippen molar-refractivity contribution in [2.75, 3.05) is 18.4 Å². The first-order valence-electron chi connectivity index (χ1n) is 7.63. The van der Waals surface area contributed by atoms with Gasteiger partial charge in [-0.3, -0.25) is 14.9 Å². The van der Waals surface area contributed by atoms with Crippen LogP contribution in [0.1, 0.15) is 37.2 Å². The Kier molecular flexibility index (Phi) is 4.20. The number of carbonyl (C=O) groups is 2. The monoisotopic (exact) mass is 287 g/mol. The molecule has 0 bridgehead atoms. The van der Waals surface area contributed by atoms with Crippen molar-refractivity contribution in [3.63, 3.8) is 0 Å². The number of anilines is 1. The van der Waals surface area contributed by atoms with Gasteiger partial charge in [0.1, 0.15) is 0 Å². The van der Waals surface area contributed by atoms with Gasteiger partial charge in [0.2, 0.25) is 11.8 Å². The summed E-state index contributed by atoms with van der Waals surface area (Å²) in [7, 11) is 0. The summed E-state index contributed by atoms with van der Waals surface area (Å²) in [6.07, 6.45) is 3.46. The van der Waals surface area contributed by atoms with Crippen molar-refractivity contribution in [3.8, 4) is 0 Å². The second-order valence-electron chi connectivity index (χ2n) is 5.80. The molecule has 5 nitrogen and oxygen atoms in total. The quantitative estimate of drug-likeness (QED) is 0.732. The van der Waals surface area contributed by atoms with Gasteiger partial charge in [0.15, 0.2) is 0 Å². The van der Waals surface area contributed by atoms with Crippen molar-refractivity contribution >= 4 is 17.5 Å². The van der Waals surface area contributed by atoms with E-state index in [1.807, 2.05) is 24.3 Å². The summed E-state index contributed by atoms with van der Waals surface area (Å²) >= 11 is 0. The third-order valence-corrected chi connectivity index (χ3v) is 4.24. The van der Waals surface area contributed by atoms with E-state index in [0.29, 0.717) is 18.9 Å². The molecular weight excluding hydrogens is 266 g/mol. The molecule has 2 heterocycles. The van der Waals surface area contributed by atoms with E-state index < -0.39 is 0 Å². The van der Waals surface area contributed by atoms with Gasteiger partial charge in [-0.15, -0.1) is 0 Å². The van der Waals surface area contributed by atoms with Crippen LogP contribution in [0, 0.1) is 0 Å². The Bertz CT molecular complexity index is 538. The highest BCUT2D eigenvalue weighted by atomic mass is 16.2. The van der Waals surface area contributed by atoms with E-state index in [9.17, 15) is 9.59 Å². The van der Waals surface area contributed by atoms with E-state index in [1.165, 1.54) is 12.8 Å². The molecule has 1 aromatic rings. The van der Waals surface area contributed by atoms with Crippen LogP contribution in [0.4, 0.5) is 5.69 Å². The lowest BCUT2D eigenvalue weighted by molar-refractivity contribution is -0.134. The summed E-state index contributed by atoms with van der Waals surface area (Å²) < 4.78 is 0. The number of hydrogen-bond acceptors (Lipinski definition) is 4. The fourth-order valence-corrected chi connectivity index (χ4v) is 3.05. The third-order valence-electron chi connectivity index (χ3n) is 4.24. The molecule has 2 amide bonds. The molecule has 2 saturated heterocycles. The Morgan fingerprint density at radius 3 is 2.90 bits per heavy atom. The lowest BCUT2D eigenvalue weighted by Crippen LogP contribution is -2.39. The molecule has 2 aliphatic heterocycles. The Morgan fingerprint density at radius 2 is 2.14 bits per heavy atom. The Balaban J connectivity index is 1.64. The molecule has 3 N–H and O–H groups in total. The Labute approximate surface area is 124 Å². The van der Waals surface area contributed by atoms with Gasteiger partial charge in [0.25, 0.3) is 0 Å². The Morgan fingerprint density at radius 1 is 1.24 bits per heavy atom. The number of nitrogens with one attached hydrogen (secondary N) is 3. The zero-order valence-corrected chi connectivity index (χ0v) is 12.0. The largest absolute Gasteiger partial charge is 0.383 e. The van der Waals surface area contributed by atoms with Crippen LogP contribution in [0.15, 0.2) is 24.3 Å². The summed E-state index contributed by atoms with van der Waals surface area (Å²) in [6.45, 7) is 2.00. The van der Waals surface area contributed by atoms with E-state index in [0.717, 1.165) is 24.3 Å². The molecule has 0 aliphatic carbocycles. The molecule has 0 spiro atoms. The number of benzene rings is 1. The highest BCUT2D eigenvalue weighted by Gasteiger charge is 2.27. The molecule has 2 aliphatic rings. The van der Waals surface area contributed by atoms with Crippen LogP contribution in [0.25, 0.3) is 0 Å². The van der Waals surface area contributed by atoms with Crippen LogP contribution in [-0.2, 0) is 9.59 Å². The normalized spacial score (nSPS) is 25.7. The smallest absolute Gasteiger partial charge is 0.234 e. The molecular formula is C16H21N3O2. The summed E-state index contributed by atoms with van der Waals surface area (Å²) in [4.78, 5) is 23.1. The minimum absolute atomic E-state index is 0.169. The van der Waals surface area contributed by atoms with Gasteiger partial charge in [-0.1, -0.05) is 12.1 Å². The minimum atomic E-state index is -0.214. The molecule has 3 rings (SSSR count). The van der Waals surface area contributed by atoms with Crippen molar-refractivity contribution in [1.82, 2.24) is 10.6 Å². The molecule has 1 aromatic carbocycles. The number of hydrogen-bond donors (Lipinski definition) is 3. The number of rotatable bonds is 4. The SMILES string of the molecule is O=C1CCC(c2cccc(NC[C@H]3CCCN3)c2)C(=O)N1. The molecule has 112 valence electrons. The number of piperidine rings is 1. The second kappa shape index (κ2) is 6.26. The fourth-order valence-electron chi connectivity index (χ4n) is 3.05. The van der Waals surface area contributed by atoms with Crippen LogP contribution >= 0.6 is 0 Å². The maximum atomic E-state index is 11.9. The van der Waals surface area contributed by atoms with Crippen LogP contribution < -0.4 is 16.0 Å². The van der Waals surface area contributed by atoms with E-state index in [1.54, 1.807) is 0 Å². The highest BCUT2D eigenvalue weighted by Crippen LogP contribution is 2.26. The fraction of sp³-hybridized carbons (Fsp3) is 0.500. The second-order valence-corrected chi connectivity index (χ2v) is 5.80. The molecule has 1 unspecified atom stereocenters. The zero-order chi connectivity index (χ0) is 14.7.